The third kappa shape index (κ3) is 3.55. The Morgan fingerprint density at radius 2 is 2.04 bits per heavy atom. The van der Waals surface area contributed by atoms with Crippen LogP contribution in [0, 0.1) is 4.77 Å². The molecule has 23 heavy (non-hydrogen) atoms. The monoisotopic (exact) mass is 334 g/mol. The Bertz CT molecular complexity index is 878. The number of guanidine groups is 1. The quantitative estimate of drug-likeness (QED) is 0.272. The van der Waals surface area contributed by atoms with Crippen LogP contribution >= 0.6 is 12.2 Å². The molecule has 0 radical (unpaired) electrons. The molecule has 1 aromatic heterocycles. The van der Waals surface area contributed by atoms with E-state index in [2.05, 4.69) is 15.2 Å². The van der Waals surface area contributed by atoms with Gasteiger partial charge in [-0.05, 0) is 36.5 Å². The first-order valence-electron chi connectivity index (χ1n) is 6.28. The molecule has 0 spiro atoms. The molecule has 0 bridgehead atoms. The molecular formula is C13H14N6O3S. The Morgan fingerprint density at radius 1 is 1.39 bits per heavy atom. The zero-order chi connectivity index (χ0) is 17.0. The highest BCUT2D eigenvalue weighted by atomic mass is 32.1. The van der Waals surface area contributed by atoms with Crippen molar-refractivity contribution < 1.29 is 9.84 Å². The minimum absolute atomic E-state index is 0.0247. The van der Waals surface area contributed by atoms with E-state index in [1.807, 2.05) is 0 Å². The molecule has 0 amide bonds. The summed E-state index contributed by atoms with van der Waals surface area (Å²) in [4.78, 5) is 14.3. The van der Waals surface area contributed by atoms with Crippen molar-refractivity contribution in [3.63, 3.8) is 0 Å². The van der Waals surface area contributed by atoms with Gasteiger partial charge < -0.3 is 21.3 Å². The van der Waals surface area contributed by atoms with Crippen molar-refractivity contribution in [2.75, 3.05) is 7.11 Å². The minimum Gasteiger partial charge on any atom is -0.497 e. The van der Waals surface area contributed by atoms with Crippen LogP contribution in [0.25, 0.3) is 5.69 Å². The lowest BCUT2D eigenvalue weighted by Gasteiger charge is -2.11. The Morgan fingerprint density at radius 3 is 2.61 bits per heavy atom. The van der Waals surface area contributed by atoms with Gasteiger partial charge in [0.25, 0.3) is 5.56 Å². The second-order valence-corrected chi connectivity index (χ2v) is 4.69. The maximum absolute atomic E-state index is 11.9. The van der Waals surface area contributed by atoms with E-state index in [1.165, 1.54) is 11.7 Å². The predicted octanol–water partition coefficient (Wildman–Crippen LogP) is 0.217. The number of nitrogens with two attached hydrogens (primary N) is 2. The van der Waals surface area contributed by atoms with Crippen LogP contribution < -0.4 is 21.8 Å². The van der Waals surface area contributed by atoms with E-state index in [0.717, 1.165) is 6.21 Å². The highest BCUT2D eigenvalue weighted by Gasteiger charge is 2.12. The summed E-state index contributed by atoms with van der Waals surface area (Å²) >= 11 is 5.09. The van der Waals surface area contributed by atoms with E-state index in [4.69, 9.17) is 28.4 Å². The van der Waals surface area contributed by atoms with E-state index in [0.29, 0.717) is 11.4 Å². The molecule has 1 heterocycles. The van der Waals surface area contributed by atoms with Crippen molar-refractivity contribution in [1.29, 1.82) is 0 Å². The number of ether oxygens (including phenoxy) is 1. The van der Waals surface area contributed by atoms with Crippen LogP contribution in [0.15, 0.2) is 39.3 Å². The van der Waals surface area contributed by atoms with Gasteiger partial charge in [-0.1, -0.05) is 0 Å². The number of methoxy groups -OCH3 is 1. The third-order valence-corrected chi connectivity index (χ3v) is 3.10. The van der Waals surface area contributed by atoms with Crippen LogP contribution in [-0.2, 0) is 0 Å². The highest BCUT2D eigenvalue weighted by molar-refractivity contribution is 7.71. The fourth-order valence-corrected chi connectivity index (χ4v) is 2.06. The van der Waals surface area contributed by atoms with Crippen molar-refractivity contribution >= 4 is 24.4 Å². The number of rotatable bonds is 4. The fraction of sp³-hybridized carbons (Fsp3) is 0.0769. The number of aromatic hydroxyl groups is 1. The van der Waals surface area contributed by atoms with Crippen LogP contribution in [0.1, 0.15) is 5.56 Å². The Labute approximate surface area is 135 Å². The molecule has 9 nitrogen and oxygen atoms in total. The summed E-state index contributed by atoms with van der Waals surface area (Å²) < 4.78 is 6.36. The standard InChI is InChI=1S/C13H14N6O3S/c1-22-8-4-2-7(3-5-8)19-11(21)9(6-16-18-12(14)15)10(20)17-13(19)23/h2-6,21H,1H3,(H4,14,15,18)(H,17,20,23)/b16-6+. The largest absolute Gasteiger partial charge is 0.497 e. The molecule has 0 unspecified atom stereocenters. The van der Waals surface area contributed by atoms with Gasteiger partial charge in [-0.15, -0.1) is 5.10 Å². The molecule has 6 N–H and O–H groups in total. The molecule has 2 rings (SSSR count). The van der Waals surface area contributed by atoms with Gasteiger partial charge >= 0.3 is 0 Å². The zero-order valence-corrected chi connectivity index (χ0v) is 12.9. The number of hydrogen-bond donors (Lipinski definition) is 4. The molecule has 0 aliphatic carbocycles. The molecule has 1 aromatic carbocycles. The molecule has 0 fully saturated rings. The lowest BCUT2D eigenvalue weighted by molar-refractivity contribution is 0.414. The van der Waals surface area contributed by atoms with Gasteiger partial charge in [0.15, 0.2) is 4.77 Å². The van der Waals surface area contributed by atoms with Crippen molar-refractivity contribution in [2.45, 2.75) is 0 Å². The van der Waals surface area contributed by atoms with Crippen LogP contribution in [0.4, 0.5) is 0 Å². The van der Waals surface area contributed by atoms with Crippen molar-refractivity contribution in [3.05, 3.63) is 45.0 Å². The van der Waals surface area contributed by atoms with E-state index in [1.54, 1.807) is 24.3 Å². The number of nitrogens with one attached hydrogen (secondary N) is 1. The smallest absolute Gasteiger partial charge is 0.264 e. The first-order chi connectivity index (χ1) is 10.9. The summed E-state index contributed by atoms with van der Waals surface area (Å²) in [6, 6.07) is 6.72. The summed E-state index contributed by atoms with van der Waals surface area (Å²) in [5.41, 5.74) is 10.0. The number of aromatic amines is 1. The predicted molar refractivity (Wildman–Crippen MR) is 88.8 cm³/mol. The molecule has 2 aromatic rings. The van der Waals surface area contributed by atoms with Crippen molar-refractivity contribution in [2.24, 2.45) is 21.7 Å². The van der Waals surface area contributed by atoms with Gasteiger partial charge in [0.2, 0.25) is 11.8 Å². The van der Waals surface area contributed by atoms with Gasteiger partial charge in [0.1, 0.15) is 11.3 Å². The van der Waals surface area contributed by atoms with Gasteiger partial charge in [0.05, 0.1) is 19.0 Å². The molecular weight excluding hydrogens is 320 g/mol. The molecule has 0 aliphatic heterocycles. The van der Waals surface area contributed by atoms with Crippen molar-refractivity contribution in [3.8, 4) is 17.3 Å². The molecule has 0 saturated carbocycles. The molecule has 0 aliphatic rings. The maximum atomic E-state index is 11.9. The normalized spacial score (nSPS) is 10.7. The second-order valence-electron chi connectivity index (χ2n) is 4.30. The maximum Gasteiger partial charge on any atom is 0.264 e. The van der Waals surface area contributed by atoms with E-state index < -0.39 is 11.4 Å². The van der Waals surface area contributed by atoms with Gasteiger partial charge in [-0.3, -0.25) is 14.3 Å². The number of aromatic nitrogens is 2. The van der Waals surface area contributed by atoms with Gasteiger partial charge in [-0.2, -0.15) is 5.10 Å². The summed E-state index contributed by atoms with van der Waals surface area (Å²) in [5, 5.41) is 17.2. The van der Waals surface area contributed by atoms with Crippen LogP contribution in [0.2, 0.25) is 0 Å². The number of benzene rings is 1. The topological polar surface area (TPSA) is 144 Å². The Kier molecular flexibility index (Phi) is 4.76. The fourth-order valence-electron chi connectivity index (χ4n) is 1.78. The molecule has 0 atom stereocenters. The summed E-state index contributed by atoms with van der Waals surface area (Å²) in [7, 11) is 1.54. The summed E-state index contributed by atoms with van der Waals surface area (Å²) in [6.07, 6.45) is 1.03. The first kappa shape index (κ1) is 16.2. The molecule has 120 valence electrons. The average molecular weight is 334 g/mol. The lowest BCUT2D eigenvalue weighted by atomic mass is 10.2. The lowest BCUT2D eigenvalue weighted by Crippen LogP contribution is -2.22. The van der Waals surface area contributed by atoms with E-state index in [9.17, 15) is 9.90 Å². The van der Waals surface area contributed by atoms with E-state index in [-0.39, 0.29) is 16.3 Å². The Balaban J connectivity index is 2.60. The van der Waals surface area contributed by atoms with E-state index >= 15 is 0 Å². The number of hydrogen-bond acceptors (Lipinski definition) is 6. The highest BCUT2D eigenvalue weighted by Crippen LogP contribution is 2.21. The van der Waals surface area contributed by atoms with Crippen LogP contribution in [0.5, 0.6) is 11.6 Å². The van der Waals surface area contributed by atoms with Crippen molar-refractivity contribution in [1.82, 2.24) is 9.55 Å². The van der Waals surface area contributed by atoms with Crippen LogP contribution in [-0.4, -0.2) is 33.9 Å². The van der Waals surface area contributed by atoms with Gasteiger partial charge in [-0.25, -0.2) is 0 Å². The third-order valence-electron chi connectivity index (χ3n) is 2.81. The number of nitrogens with zero attached hydrogens (tertiary/aromatic N) is 3. The second kappa shape index (κ2) is 6.75. The zero-order valence-electron chi connectivity index (χ0n) is 12.1. The molecule has 0 saturated heterocycles. The number of H-pyrrole nitrogens is 1. The Hall–Kier alpha value is -3.14. The summed E-state index contributed by atoms with van der Waals surface area (Å²) in [5.74, 6) is -0.0303. The van der Waals surface area contributed by atoms with Crippen LogP contribution in [0.3, 0.4) is 0 Å². The SMILES string of the molecule is COc1ccc(-n2c(O)c(/C=N/N=C(N)N)c(=O)[nH]c2=S)cc1. The first-order valence-corrected chi connectivity index (χ1v) is 6.69. The minimum atomic E-state index is -0.619. The van der Waals surface area contributed by atoms with Gasteiger partial charge in [0, 0.05) is 0 Å². The summed E-state index contributed by atoms with van der Waals surface area (Å²) in [6.45, 7) is 0. The molecule has 10 heteroatoms. The average Bonchev–Trinajstić information content (AvgIpc) is 2.50.